The van der Waals surface area contributed by atoms with Crippen molar-refractivity contribution < 1.29 is 8.78 Å². The fourth-order valence-corrected chi connectivity index (χ4v) is 3.75. The Morgan fingerprint density at radius 1 is 0.679 bits per heavy atom. The van der Waals surface area contributed by atoms with E-state index in [0.717, 1.165) is 25.7 Å². The van der Waals surface area contributed by atoms with E-state index in [2.05, 4.69) is 21.3 Å². The van der Waals surface area contributed by atoms with Gasteiger partial charge in [0.25, 0.3) is 0 Å². The summed E-state index contributed by atoms with van der Waals surface area (Å²) < 4.78 is 27.4. The van der Waals surface area contributed by atoms with Gasteiger partial charge >= 0.3 is 0 Å². The maximum absolute atomic E-state index is 13.7. The predicted octanol–water partition coefficient (Wildman–Crippen LogP) is 4.55. The molecule has 2 aromatic rings. The lowest BCUT2D eigenvalue weighted by Gasteiger charge is -2.31. The Kier molecular flexibility index (Phi) is 7.11. The number of halogens is 2. The molecule has 0 amide bonds. The predicted molar refractivity (Wildman–Crippen MR) is 118 cm³/mol. The van der Waals surface area contributed by atoms with Crippen LogP contribution < -0.4 is 21.3 Å². The molecule has 0 atom stereocenters. The molecule has 1 aliphatic rings. The average molecular weight is 421 g/mol. The molecule has 1 saturated carbocycles. The second kappa shape index (κ2) is 9.75. The molecule has 28 heavy (non-hydrogen) atoms. The lowest BCUT2D eigenvalue weighted by Crippen LogP contribution is -2.45. The van der Waals surface area contributed by atoms with Crippen molar-refractivity contribution in [2.75, 3.05) is 10.6 Å². The third-order valence-corrected chi connectivity index (χ3v) is 5.08. The highest BCUT2D eigenvalue weighted by molar-refractivity contribution is 7.80. The summed E-state index contributed by atoms with van der Waals surface area (Å²) in [5, 5.41) is 13.1. The van der Waals surface area contributed by atoms with E-state index in [0.29, 0.717) is 21.6 Å². The topological polar surface area (TPSA) is 48.1 Å². The van der Waals surface area contributed by atoms with Gasteiger partial charge in [-0.2, -0.15) is 0 Å². The minimum atomic E-state index is -0.338. The van der Waals surface area contributed by atoms with Crippen molar-refractivity contribution in [3.8, 4) is 0 Å². The zero-order valence-corrected chi connectivity index (χ0v) is 16.8. The van der Waals surface area contributed by atoms with Gasteiger partial charge in [0.1, 0.15) is 11.6 Å². The summed E-state index contributed by atoms with van der Waals surface area (Å²) in [6.45, 7) is 0. The van der Waals surface area contributed by atoms with E-state index in [1.165, 1.54) is 12.1 Å². The highest BCUT2D eigenvalue weighted by Crippen LogP contribution is 2.20. The first-order valence-corrected chi connectivity index (χ1v) is 9.97. The first-order valence-electron chi connectivity index (χ1n) is 9.15. The highest BCUT2D eigenvalue weighted by atomic mass is 32.1. The number of hydrogen-bond donors (Lipinski definition) is 4. The normalized spacial score (nSPS) is 18.8. The van der Waals surface area contributed by atoms with E-state index in [1.54, 1.807) is 36.4 Å². The monoisotopic (exact) mass is 420 g/mol. The molecule has 4 N–H and O–H groups in total. The van der Waals surface area contributed by atoms with E-state index in [4.69, 9.17) is 24.4 Å². The molecule has 2 aromatic carbocycles. The molecular formula is C20H22F2N4S2. The number of thiocarbonyl (C=S) groups is 2. The number of rotatable bonds is 4. The number of anilines is 2. The molecule has 0 radical (unpaired) electrons. The summed E-state index contributed by atoms with van der Waals surface area (Å²) in [6, 6.07) is 13.3. The van der Waals surface area contributed by atoms with Crippen LogP contribution in [0.1, 0.15) is 25.7 Å². The largest absolute Gasteiger partial charge is 0.360 e. The summed E-state index contributed by atoms with van der Waals surface area (Å²) in [5.41, 5.74) is 0.722. The van der Waals surface area contributed by atoms with E-state index in [9.17, 15) is 8.78 Å². The fourth-order valence-electron chi connectivity index (χ4n) is 3.19. The van der Waals surface area contributed by atoms with Gasteiger partial charge in [0.15, 0.2) is 10.2 Å². The van der Waals surface area contributed by atoms with E-state index in [-0.39, 0.29) is 23.7 Å². The van der Waals surface area contributed by atoms with Crippen LogP contribution >= 0.6 is 24.4 Å². The van der Waals surface area contributed by atoms with Gasteiger partial charge in [0.2, 0.25) is 0 Å². The van der Waals surface area contributed by atoms with Gasteiger partial charge in [0.05, 0.1) is 11.4 Å². The maximum Gasteiger partial charge on any atom is 0.171 e. The third-order valence-electron chi connectivity index (χ3n) is 4.64. The van der Waals surface area contributed by atoms with Gasteiger partial charge < -0.3 is 21.3 Å². The van der Waals surface area contributed by atoms with Crippen molar-refractivity contribution >= 4 is 46.0 Å². The van der Waals surface area contributed by atoms with Crippen LogP contribution in [-0.4, -0.2) is 22.3 Å². The minimum absolute atomic E-state index is 0.220. The van der Waals surface area contributed by atoms with E-state index in [1.807, 2.05) is 0 Å². The number of benzene rings is 2. The smallest absolute Gasteiger partial charge is 0.171 e. The summed E-state index contributed by atoms with van der Waals surface area (Å²) in [4.78, 5) is 0. The van der Waals surface area contributed by atoms with Crippen LogP contribution in [0, 0.1) is 11.6 Å². The zero-order chi connectivity index (χ0) is 19.9. The Morgan fingerprint density at radius 2 is 1.04 bits per heavy atom. The van der Waals surface area contributed by atoms with Crippen LogP contribution in [-0.2, 0) is 0 Å². The summed E-state index contributed by atoms with van der Waals surface area (Å²) in [5.74, 6) is -0.675. The Bertz CT molecular complexity index is 769. The lowest BCUT2D eigenvalue weighted by atomic mass is 9.91. The van der Waals surface area contributed by atoms with Gasteiger partial charge in [0, 0.05) is 12.1 Å². The van der Waals surface area contributed by atoms with Crippen molar-refractivity contribution in [2.45, 2.75) is 37.8 Å². The molecule has 3 rings (SSSR count). The van der Waals surface area contributed by atoms with Crippen LogP contribution in [0.25, 0.3) is 0 Å². The Balaban J connectivity index is 1.40. The van der Waals surface area contributed by atoms with Gasteiger partial charge in [-0.05, 0) is 74.4 Å². The van der Waals surface area contributed by atoms with E-state index < -0.39 is 0 Å². The lowest BCUT2D eigenvalue weighted by molar-refractivity contribution is 0.356. The molecule has 1 fully saturated rings. The first-order chi connectivity index (χ1) is 13.5. The average Bonchev–Trinajstić information content (AvgIpc) is 2.67. The van der Waals surface area contributed by atoms with Crippen LogP contribution in [0.2, 0.25) is 0 Å². The molecule has 148 valence electrons. The van der Waals surface area contributed by atoms with Gasteiger partial charge in [-0.1, -0.05) is 24.3 Å². The van der Waals surface area contributed by atoms with Crippen LogP contribution in [0.5, 0.6) is 0 Å². The van der Waals surface area contributed by atoms with Crippen LogP contribution in [0.15, 0.2) is 48.5 Å². The molecule has 0 bridgehead atoms. The summed E-state index contributed by atoms with van der Waals surface area (Å²) in [6.07, 6.45) is 3.61. The molecule has 0 unspecified atom stereocenters. The molecule has 0 aliphatic heterocycles. The third kappa shape index (κ3) is 5.84. The minimum Gasteiger partial charge on any atom is -0.360 e. The molecule has 1 aliphatic carbocycles. The van der Waals surface area contributed by atoms with Crippen molar-refractivity contribution in [2.24, 2.45) is 0 Å². The van der Waals surface area contributed by atoms with Gasteiger partial charge in [-0.15, -0.1) is 0 Å². The summed E-state index contributed by atoms with van der Waals surface area (Å²) >= 11 is 10.6. The first kappa shape index (κ1) is 20.4. The molecule has 0 saturated heterocycles. The number of hydrogen-bond acceptors (Lipinski definition) is 2. The molecule has 0 spiro atoms. The standard InChI is InChI=1S/C20H22F2N4S2/c21-15-5-1-3-7-17(15)25-19(27)23-13-9-11-14(12-10-13)24-20(28)26-18-8-4-2-6-16(18)22/h1-8,13-14H,9-12H2,(H2,23,25,27)(H2,24,26,28). The van der Waals surface area contributed by atoms with Crippen molar-refractivity contribution in [1.82, 2.24) is 10.6 Å². The Labute approximate surface area is 174 Å². The number of nitrogens with one attached hydrogen (secondary N) is 4. The fraction of sp³-hybridized carbons (Fsp3) is 0.300. The molecule has 4 nitrogen and oxygen atoms in total. The van der Waals surface area contributed by atoms with Crippen LogP contribution in [0.4, 0.5) is 20.2 Å². The molecular weight excluding hydrogens is 398 g/mol. The molecule has 0 aromatic heterocycles. The van der Waals surface area contributed by atoms with Gasteiger partial charge in [-0.3, -0.25) is 0 Å². The molecule has 0 heterocycles. The van der Waals surface area contributed by atoms with Crippen molar-refractivity contribution in [3.05, 3.63) is 60.2 Å². The quantitative estimate of drug-likeness (QED) is 0.545. The van der Waals surface area contributed by atoms with Gasteiger partial charge in [-0.25, -0.2) is 8.78 Å². The highest BCUT2D eigenvalue weighted by Gasteiger charge is 2.22. The van der Waals surface area contributed by atoms with Crippen molar-refractivity contribution in [3.63, 3.8) is 0 Å². The van der Waals surface area contributed by atoms with E-state index >= 15 is 0 Å². The van der Waals surface area contributed by atoms with Crippen molar-refractivity contribution in [1.29, 1.82) is 0 Å². The Hall–Kier alpha value is -2.32. The van der Waals surface area contributed by atoms with Crippen LogP contribution in [0.3, 0.4) is 0 Å². The SMILES string of the molecule is Fc1ccccc1NC(=S)NC1CCC(NC(=S)Nc2ccccc2F)CC1. The molecule has 8 heteroatoms. The Morgan fingerprint density at radius 3 is 1.39 bits per heavy atom. The summed E-state index contributed by atoms with van der Waals surface area (Å²) in [7, 11) is 0. The second-order valence-electron chi connectivity index (χ2n) is 6.71. The number of para-hydroxylation sites is 2. The zero-order valence-electron chi connectivity index (χ0n) is 15.2. The maximum atomic E-state index is 13.7. The second-order valence-corrected chi connectivity index (χ2v) is 7.52.